The van der Waals surface area contributed by atoms with E-state index in [9.17, 15) is 0 Å². The summed E-state index contributed by atoms with van der Waals surface area (Å²) in [6.45, 7) is 6.02. The summed E-state index contributed by atoms with van der Waals surface area (Å²) in [6.07, 6.45) is 1.27. The van der Waals surface area contributed by atoms with Gasteiger partial charge >= 0.3 is 0 Å². The lowest BCUT2D eigenvalue weighted by molar-refractivity contribution is 0.00873. The van der Waals surface area contributed by atoms with Gasteiger partial charge in [-0.3, -0.25) is 0 Å². The van der Waals surface area contributed by atoms with Crippen LogP contribution >= 0.6 is 15.9 Å². The van der Waals surface area contributed by atoms with Gasteiger partial charge < -0.3 is 10.1 Å². The monoisotopic (exact) mass is 283 g/mol. The summed E-state index contributed by atoms with van der Waals surface area (Å²) in [4.78, 5) is 0. The minimum Gasteiger partial charge on any atom is -0.375 e. The highest BCUT2D eigenvalue weighted by molar-refractivity contribution is 9.10. The molecular formula is C13H18BrNO. The molecule has 0 aliphatic carbocycles. The predicted molar refractivity (Wildman–Crippen MR) is 69.8 cm³/mol. The van der Waals surface area contributed by atoms with E-state index in [2.05, 4.69) is 53.3 Å². The molecule has 1 fully saturated rings. The molecule has 2 nitrogen and oxygen atoms in total. The molecule has 88 valence electrons. The molecular weight excluding hydrogens is 266 g/mol. The molecule has 1 aromatic carbocycles. The van der Waals surface area contributed by atoms with Gasteiger partial charge in [-0.1, -0.05) is 28.1 Å². The van der Waals surface area contributed by atoms with E-state index in [0.717, 1.165) is 19.6 Å². The van der Waals surface area contributed by atoms with E-state index >= 15 is 0 Å². The minimum absolute atomic E-state index is 0.301. The Hall–Kier alpha value is -0.380. The van der Waals surface area contributed by atoms with Crippen molar-refractivity contribution in [3.05, 3.63) is 33.8 Å². The Kier molecular flexibility index (Phi) is 4.00. The molecule has 2 unspecified atom stereocenters. The number of hydrogen-bond donors (Lipinski definition) is 1. The highest BCUT2D eigenvalue weighted by Crippen LogP contribution is 2.21. The maximum Gasteiger partial charge on any atom is 0.0740 e. The van der Waals surface area contributed by atoms with Gasteiger partial charge in [-0.25, -0.2) is 0 Å². The topological polar surface area (TPSA) is 21.3 Å². The number of ether oxygens (including phenoxy) is 1. The predicted octanol–water partition coefficient (Wildman–Crippen LogP) is 2.68. The lowest BCUT2D eigenvalue weighted by Crippen LogP contribution is -2.45. The molecule has 0 radical (unpaired) electrons. The molecule has 1 heterocycles. The largest absolute Gasteiger partial charge is 0.375 e. The number of benzene rings is 1. The second kappa shape index (κ2) is 5.30. The van der Waals surface area contributed by atoms with E-state index in [1.54, 1.807) is 0 Å². The number of aryl methyl sites for hydroxylation is 1. The number of hydrogen-bond acceptors (Lipinski definition) is 2. The van der Waals surface area contributed by atoms with Crippen molar-refractivity contribution < 1.29 is 4.74 Å². The lowest BCUT2D eigenvalue weighted by atomic mass is 10.0. The average molecular weight is 284 g/mol. The van der Waals surface area contributed by atoms with Gasteiger partial charge in [0.2, 0.25) is 0 Å². The molecule has 16 heavy (non-hydrogen) atoms. The minimum atomic E-state index is 0.301. The van der Waals surface area contributed by atoms with Gasteiger partial charge in [0.25, 0.3) is 0 Å². The Morgan fingerprint density at radius 3 is 2.94 bits per heavy atom. The third-order valence-electron chi connectivity index (χ3n) is 2.93. The molecule has 3 heteroatoms. The third kappa shape index (κ3) is 3.06. The summed E-state index contributed by atoms with van der Waals surface area (Å²) in [7, 11) is 0. The molecule has 2 atom stereocenters. The molecule has 0 bridgehead atoms. The Balaban J connectivity index is 1.98. The summed E-state index contributed by atoms with van der Waals surface area (Å²) in [5, 5.41) is 3.44. The van der Waals surface area contributed by atoms with E-state index in [-0.39, 0.29) is 0 Å². The van der Waals surface area contributed by atoms with Crippen molar-refractivity contribution in [1.29, 1.82) is 0 Å². The second-order valence-electron chi connectivity index (χ2n) is 4.56. The Morgan fingerprint density at radius 1 is 1.50 bits per heavy atom. The average Bonchev–Trinajstić information content (AvgIpc) is 2.25. The van der Waals surface area contributed by atoms with Crippen LogP contribution in [-0.2, 0) is 11.2 Å². The van der Waals surface area contributed by atoms with E-state index in [0.29, 0.717) is 12.1 Å². The Bertz CT molecular complexity index is 359. The molecule has 0 saturated carbocycles. The first-order valence-corrected chi connectivity index (χ1v) is 6.54. The van der Waals surface area contributed by atoms with Crippen molar-refractivity contribution in [3.63, 3.8) is 0 Å². The summed E-state index contributed by atoms with van der Waals surface area (Å²) in [5.74, 6) is 0. The standard InChI is InChI=1S/C13H18BrNO/c1-9-3-4-11(13(14)5-9)6-12-7-15-10(2)8-16-12/h3-5,10,12,15H,6-8H2,1-2H3. The second-order valence-corrected chi connectivity index (χ2v) is 5.42. The SMILES string of the molecule is Cc1ccc(CC2CNC(C)CO2)c(Br)c1. The summed E-state index contributed by atoms with van der Waals surface area (Å²) < 4.78 is 6.99. The maximum atomic E-state index is 5.80. The van der Waals surface area contributed by atoms with Gasteiger partial charge in [-0.2, -0.15) is 0 Å². The maximum absolute atomic E-state index is 5.80. The van der Waals surface area contributed by atoms with Crippen LogP contribution in [0.3, 0.4) is 0 Å². The Labute approximate surface area is 106 Å². The summed E-state index contributed by atoms with van der Waals surface area (Å²) >= 11 is 3.61. The van der Waals surface area contributed by atoms with Crippen molar-refractivity contribution in [3.8, 4) is 0 Å². The van der Waals surface area contributed by atoms with Crippen molar-refractivity contribution in [2.75, 3.05) is 13.2 Å². The number of nitrogens with one attached hydrogen (secondary N) is 1. The first-order valence-electron chi connectivity index (χ1n) is 5.75. The molecule has 0 aromatic heterocycles. The quantitative estimate of drug-likeness (QED) is 0.901. The van der Waals surface area contributed by atoms with Crippen LogP contribution in [-0.4, -0.2) is 25.3 Å². The van der Waals surface area contributed by atoms with Crippen molar-refractivity contribution in [2.24, 2.45) is 0 Å². The van der Waals surface area contributed by atoms with Crippen LogP contribution < -0.4 is 5.32 Å². The van der Waals surface area contributed by atoms with E-state index in [1.165, 1.54) is 15.6 Å². The van der Waals surface area contributed by atoms with Gasteiger partial charge in [-0.05, 0) is 31.0 Å². The Morgan fingerprint density at radius 2 is 2.31 bits per heavy atom. The zero-order valence-corrected chi connectivity index (χ0v) is 11.4. The van der Waals surface area contributed by atoms with E-state index < -0.39 is 0 Å². The summed E-state index contributed by atoms with van der Waals surface area (Å²) in [5.41, 5.74) is 2.61. The van der Waals surface area contributed by atoms with E-state index in [4.69, 9.17) is 4.74 Å². The van der Waals surface area contributed by atoms with Gasteiger partial charge in [0.1, 0.15) is 0 Å². The molecule has 0 spiro atoms. The number of rotatable bonds is 2. The molecule has 0 amide bonds. The van der Waals surface area contributed by atoms with Gasteiger partial charge in [0.15, 0.2) is 0 Å². The zero-order chi connectivity index (χ0) is 11.5. The van der Waals surface area contributed by atoms with Gasteiger partial charge in [0.05, 0.1) is 12.7 Å². The normalized spacial score (nSPS) is 25.7. The molecule has 1 aliphatic heterocycles. The van der Waals surface area contributed by atoms with Crippen LogP contribution in [0.1, 0.15) is 18.1 Å². The van der Waals surface area contributed by atoms with Crippen LogP contribution in [0.25, 0.3) is 0 Å². The fourth-order valence-corrected chi connectivity index (χ4v) is 2.58. The van der Waals surface area contributed by atoms with Crippen LogP contribution in [0.2, 0.25) is 0 Å². The molecule has 1 saturated heterocycles. The highest BCUT2D eigenvalue weighted by Gasteiger charge is 2.18. The first-order chi connectivity index (χ1) is 7.65. The first kappa shape index (κ1) is 12.1. The van der Waals surface area contributed by atoms with Crippen LogP contribution in [0.5, 0.6) is 0 Å². The molecule has 1 aromatic rings. The zero-order valence-electron chi connectivity index (χ0n) is 9.79. The fraction of sp³-hybridized carbons (Fsp3) is 0.538. The van der Waals surface area contributed by atoms with E-state index in [1.807, 2.05) is 0 Å². The highest BCUT2D eigenvalue weighted by atomic mass is 79.9. The van der Waals surface area contributed by atoms with Crippen LogP contribution in [0, 0.1) is 6.92 Å². The third-order valence-corrected chi connectivity index (χ3v) is 3.67. The van der Waals surface area contributed by atoms with Gasteiger partial charge in [-0.15, -0.1) is 0 Å². The summed E-state index contributed by atoms with van der Waals surface area (Å²) in [6, 6.07) is 6.98. The number of morpholine rings is 1. The van der Waals surface area contributed by atoms with Crippen molar-refractivity contribution in [2.45, 2.75) is 32.4 Å². The van der Waals surface area contributed by atoms with Gasteiger partial charge in [0, 0.05) is 23.5 Å². The fourth-order valence-electron chi connectivity index (χ4n) is 1.93. The molecule has 1 aliphatic rings. The molecule has 2 rings (SSSR count). The van der Waals surface area contributed by atoms with Crippen molar-refractivity contribution >= 4 is 15.9 Å². The smallest absolute Gasteiger partial charge is 0.0740 e. The van der Waals surface area contributed by atoms with Crippen LogP contribution in [0.15, 0.2) is 22.7 Å². The lowest BCUT2D eigenvalue weighted by Gasteiger charge is -2.28. The van der Waals surface area contributed by atoms with Crippen LogP contribution in [0.4, 0.5) is 0 Å². The number of halogens is 1. The van der Waals surface area contributed by atoms with Crippen molar-refractivity contribution in [1.82, 2.24) is 5.32 Å². The molecule has 1 N–H and O–H groups in total.